The van der Waals surface area contributed by atoms with Crippen molar-refractivity contribution >= 4 is 5.97 Å². The molecule has 1 saturated carbocycles. The third-order valence-corrected chi connectivity index (χ3v) is 4.75. The Bertz CT molecular complexity index is 540. The molecule has 30 heavy (non-hydrogen) atoms. The second-order valence-electron chi connectivity index (χ2n) is 7.30. The van der Waals surface area contributed by atoms with E-state index in [1.54, 1.807) is 0 Å². The maximum Gasteiger partial charge on any atom is 0.303 e. The predicted molar refractivity (Wildman–Crippen MR) is 129 cm³/mol. The summed E-state index contributed by atoms with van der Waals surface area (Å²) in [5.41, 5.74) is 1.48. The molecule has 0 unspecified atom stereocenters. The SMILES string of the molecule is C#CC1CCCC1.C/C=C\CCCC(=O)O.CCCCCCc1ccccc1.O.O. The molecular formula is C26H44O4. The summed E-state index contributed by atoms with van der Waals surface area (Å²) in [6, 6.07) is 10.7. The number of unbranched alkanes of at least 4 members (excludes halogenated alkanes) is 4. The van der Waals surface area contributed by atoms with Crippen LogP contribution in [0.2, 0.25) is 0 Å². The third kappa shape index (κ3) is 22.2. The van der Waals surface area contributed by atoms with Crippen molar-refractivity contribution in [1.29, 1.82) is 0 Å². The molecule has 0 atom stereocenters. The highest BCUT2D eigenvalue weighted by molar-refractivity contribution is 5.66. The van der Waals surface area contributed by atoms with Crippen molar-refractivity contribution in [3.63, 3.8) is 0 Å². The van der Waals surface area contributed by atoms with E-state index in [0.717, 1.165) is 12.8 Å². The van der Waals surface area contributed by atoms with Crippen LogP contribution in [0.3, 0.4) is 0 Å². The number of rotatable bonds is 9. The number of terminal acetylenes is 1. The zero-order valence-electron chi connectivity index (χ0n) is 19.0. The summed E-state index contributed by atoms with van der Waals surface area (Å²) >= 11 is 0. The van der Waals surface area contributed by atoms with Crippen LogP contribution in [0.4, 0.5) is 0 Å². The number of hydrogen-bond acceptors (Lipinski definition) is 1. The first kappa shape index (κ1) is 32.6. The lowest BCUT2D eigenvalue weighted by Crippen LogP contribution is -1.92. The van der Waals surface area contributed by atoms with Crippen molar-refractivity contribution in [2.75, 3.05) is 0 Å². The molecular weight excluding hydrogens is 376 g/mol. The summed E-state index contributed by atoms with van der Waals surface area (Å²) < 4.78 is 0. The molecule has 2 rings (SSSR count). The topological polar surface area (TPSA) is 100 Å². The highest BCUT2D eigenvalue weighted by Gasteiger charge is 2.10. The van der Waals surface area contributed by atoms with Crippen molar-refractivity contribution in [3.8, 4) is 12.3 Å². The van der Waals surface area contributed by atoms with Gasteiger partial charge < -0.3 is 16.1 Å². The van der Waals surface area contributed by atoms with Gasteiger partial charge in [0.25, 0.3) is 0 Å². The van der Waals surface area contributed by atoms with E-state index in [2.05, 4.69) is 43.2 Å². The first-order chi connectivity index (χ1) is 13.6. The van der Waals surface area contributed by atoms with Crippen LogP contribution in [0.15, 0.2) is 42.5 Å². The zero-order valence-corrected chi connectivity index (χ0v) is 19.0. The van der Waals surface area contributed by atoms with Crippen LogP contribution in [0, 0.1) is 18.3 Å². The standard InChI is InChI=1S/C12H18.C7H12O2.C7H10.2H2O/c1-2-3-4-6-9-12-10-7-5-8-11-12;1-2-3-4-5-6-7(8)9;1-2-7-5-3-4-6-7;;/h5,7-8,10-11H,2-4,6,9H2,1H3;2-3H,4-6H2,1H3,(H,8,9);1,7H,3-6H2;2*1H2/b;3-2-;;;. The number of hydrogen-bond donors (Lipinski definition) is 1. The Labute approximate surface area is 184 Å². The van der Waals surface area contributed by atoms with Crippen LogP contribution in [0.25, 0.3) is 0 Å². The van der Waals surface area contributed by atoms with Gasteiger partial charge in [0.05, 0.1) is 0 Å². The Balaban J connectivity index is -0.000000365. The molecule has 0 bridgehead atoms. The summed E-state index contributed by atoms with van der Waals surface area (Å²) in [6.45, 7) is 4.18. The van der Waals surface area contributed by atoms with Crippen molar-refractivity contribution < 1.29 is 20.9 Å². The lowest BCUT2D eigenvalue weighted by atomic mass is 10.1. The fourth-order valence-electron chi connectivity index (χ4n) is 3.03. The maximum absolute atomic E-state index is 9.94. The summed E-state index contributed by atoms with van der Waals surface area (Å²) in [6.07, 6.45) is 22.9. The van der Waals surface area contributed by atoms with Crippen LogP contribution in [0.1, 0.15) is 90.0 Å². The van der Waals surface area contributed by atoms with E-state index in [1.165, 1.54) is 63.4 Å². The van der Waals surface area contributed by atoms with Gasteiger partial charge in [-0.2, -0.15) is 0 Å². The van der Waals surface area contributed by atoms with E-state index in [1.807, 2.05) is 19.1 Å². The molecule has 172 valence electrons. The van der Waals surface area contributed by atoms with E-state index in [4.69, 9.17) is 11.5 Å². The Morgan fingerprint density at radius 2 is 1.73 bits per heavy atom. The Morgan fingerprint density at radius 3 is 2.20 bits per heavy atom. The number of aliphatic carboxylic acids is 1. The van der Waals surface area contributed by atoms with Gasteiger partial charge >= 0.3 is 5.97 Å². The van der Waals surface area contributed by atoms with Crippen molar-refractivity contribution in [1.82, 2.24) is 0 Å². The monoisotopic (exact) mass is 420 g/mol. The molecule has 1 aliphatic carbocycles. The molecule has 1 fully saturated rings. The highest BCUT2D eigenvalue weighted by atomic mass is 16.4. The second kappa shape index (κ2) is 24.9. The van der Waals surface area contributed by atoms with Gasteiger partial charge in [-0.1, -0.05) is 81.5 Å². The van der Waals surface area contributed by atoms with Crippen LogP contribution in [-0.2, 0) is 11.2 Å². The molecule has 0 saturated heterocycles. The molecule has 0 spiro atoms. The molecule has 4 nitrogen and oxygen atoms in total. The number of carboxylic acids is 1. The summed E-state index contributed by atoms with van der Waals surface area (Å²) in [7, 11) is 0. The Kier molecular flexibility index (Phi) is 27.1. The molecule has 1 aliphatic rings. The van der Waals surface area contributed by atoms with Gasteiger partial charge in [0.1, 0.15) is 0 Å². The number of allylic oxidation sites excluding steroid dienone is 2. The smallest absolute Gasteiger partial charge is 0.303 e. The van der Waals surface area contributed by atoms with Crippen LogP contribution in [0.5, 0.6) is 0 Å². The number of benzene rings is 1. The zero-order chi connectivity index (χ0) is 20.9. The van der Waals surface area contributed by atoms with E-state index in [-0.39, 0.29) is 17.4 Å². The minimum absolute atomic E-state index is 0. The quantitative estimate of drug-likeness (QED) is 0.311. The maximum atomic E-state index is 9.94. The van der Waals surface area contributed by atoms with Gasteiger partial charge in [0.15, 0.2) is 0 Å². The molecule has 4 heteroatoms. The largest absolute Gasteiger partial charge is 0.481 e. The fourth-order valence-corrected chi connectivity index (χ4v) is 3.03. The van der Waals surface area contributed by atoms with Crippen molar-refractivity contribution in [3.05, 3.63) is 48.0 Å². The first-order valence-corrected chi connectivity index (χ1v) is 11.0. The second-order valence-corrected chi connectivity index (χ2v) is 7.30. The average molecular weight is 421 g/mol. The van der Waals surface area contributed by atoms with Gasteiger partial charge in [0, 0.05) is 12.3 Å². The van der Waals surface area contributed by atoms with Gasteiger partial charge in [-0.3, -0.25) is 4.79 Å². The first-order valence-electron chi connectivity index (χ1n) is 11.0. The Hall–Kier alpha value is -2.09. The molecule has 5 N–H and O–H groups in total. The number of carbonyl (C=O) groups is 1. The molecule has 1 aromatic carbocycles. The normalized spacial score (nSPS) is 12.3. The molecule has 0 heterocycles. The van der Waals surface area contributed by atoms with Gasteiger partial charge in [-0.15, -0.1) is 12.3 Å². The van der Waals surface area contributed by atoms with E-state index in [9.17, 15) is 4.79 Å². The predicted octanol–water partition coefficient (Wildman–Crippen LogP) is 5.79. The van der Waals surface area contributed by atoms with E-state index < -0.39 is 5.97 Å². The van der Waals surface area contributed by atoms with Crippen molar-refractivity contribution in [2.24, 2.45) is 5.92 Å². The molecule has 0 aromatic heterocycles. The fraction of sp³-hybridized carbons (Fsp3) is 0.577. The number of carboxylic acid groups (broad SMARTS) is 1. The van der Waals surface area contributed by atoms with Crippen LogP contribution < -0.4 is 0 Å². The summed E-state index contributed by atoms with van der Waals surface area (Å²) in [4.78, 5) is 9.94. The third-order valence-electron chi connectivity index (χ3n) is 4.75. The van der Waals surface area contributed by atoms with E-state index >= 15 is 0 Å². The minimum Gasteiger partial charge on any atom is -0.481 e. The van der Waals surface area contributed by atoms with Crippen LogP contribution >= 0.6 is 0 Å². The van der Waals surface area contributed by atoms with Gasteiger partial charge in [-0.25, -0.2) is 0 Å². The lowest BCUT2D eigenvalue weighted by molar-refractivity contribution is -0.137. The summed E-state index contributed by atoms with van der Waals surface area (Å²) in [5, 5.41) is 8.19. The highest BCUT2D eigenvalue weighted by Crippen LogP contribution is 2.23. The van der Waals surface area contributed by atoms with Gasteiger partial charge in [-0.05, 0) is 51.0 Å². The van der Waals surface area contributed by atoms with E-state index in [0.29, 0.717) is 5.92 Å². The Morgan fingerprint density at radius 1 is 1.10 bits per heavy atom. The molecule has 1 aromatic rings. The lowest BCUT2D eigenvalue weighted by Gasteiger charge is -1.99. The number of aryl methyl sites for hydroxylation is 1. The summed E-state index contributed by atoms with van der Waals surface area (Å²) in [5.74, 6) is 2.68. The average Bonchev–Trinajstić information content (AvgIpc) is 3.24. The molecule has 0 amide bonds. The van der Waals surface area contributed by atoms with Crippen molar-refractivity contribution in [2.45, 2.75) is 90.9 Å². The molecule has 0 aliphatic heterocycles. The van der Waals surface area contributed by atoms with Gasteiger partial charge in [0.2, 0.25) is 0 Å². The molecule has 0 radical (unpaired) electrons. The van der Waals surface area contributed by atoms with Crippen LogP contribution in [-0.4, -0.2) is 22.0 Å². The minimum atomic E-state index is -0.709.